The third-order valence-corrected chi connectivity index (χ3v) is 3.22. The van der Waals surface area contributed by atoms with Crippen molar-refractivity contribution in [1.29, 1.82) is 0 Å². The summed E-state index contributed by atoms with van der Waals surface area (Å²) in [5, 5.41) is 2.81. The largest absolute Gasteiger partial charge is 0.330 e. The van der Waals surface area contributed by atoms with Crippen LogP contribution in [0.1, 0.15) is 27.7 Å². The van der Waals surface area contributed by atoms with Crippen molar-refractivity contribution in [2.24, 2.45) is 0 Å². The molecular weight excluding hydrogens is 226 g/mol. The highest BCUT2D eigenvalue weighted by atomic mass is 32.2. The lowest BCUT2D eigenvalue weighted by atomic mass is 10.1. The molecule has 1 aliphatic heterocycles. The lowest BCUT2D eigenvalue weighted by Crippen LogP contribution is -2.67. The number of nitrogens with zero attached hydrogens (tertiary/aromatic N) is 2. The van der Waals surface area contributed by atoms with Crippen LogP contribution in [0.2, 0.25) is 0 Å². The first-order valence-electron chi connectivity index (χ1n) is 5.27. The zero-order valence-electron chi connectivity index (χ0n) is 10.4. The van der Waals surface area contributed by atoms with Crippen molar-refractivity contribution in [3.05, 3.63) is 0 Å². The van der Waals surface area contributed by atoms with Gasteiger partial charge < -0.3 is 5.32 Å². The summed E-state index contributed by atoms with van der Waals surface area (Å²) in [7, 11) is 0. The average molecular weight is 245 g/mol. The fraction of sp³-hybridized carbons (Fsp3) is 0.800. The van der Waals surface area contributed by atoms with Gasteiger partial charge in [0.15, 0.2) is 5.50 Å². The lowest BCUT2D eigenvalue weighted by molar-refractivity contribution is 0.0949. The van der Waals surface area contributed by atoms with Crippen LogP contribution in [-0.2, 0) is 0 Å². The standard InChI is InChI=1S/C10H19N3O2S/c1-6-12-8(16-5)11-7(14)13(9(12)15)10(2,3)4/h8H,6H2,1-5H3,(H,11,14). The van der Waals surface area contributed by atoms with E-state index in [1.807, 2.05) is 34.0 Å². The number of amides is 4. The van der Waals surface area contributed by atoms with E-state index in [1.54, 1.807) is 4.90 Å². The second-order valence-electron chi connectivity index (χ2n) is 4.61. The van der Waals surface area contributed by atoms with E-state index in [-0.39, 0.29) is 17.6 Å². The summed E-state index contributed by atoms with van der Waals surface area (Å²) in [4.78, 5) is 26.9. The lowest BCUT2D eigenvalue weighted by Gasteiger charge is -2.44. The van der Waals surface area contributed by atoms with Gasteiger partial charge in [-0.1, -0.05) is 0 Å². The van der Waals surface area contributed by atoms with Gasteiger partial charge in [-0.25, -0.2) is 14.5 Å². The van der Waals surface area contributed by atoms with Gasteiger partial charge in [0.2, 0.25) is 0 Å². The SMILES string of the molecule is CCN1C(=O)N(C(C)(C)C)C(=O)NC1SC. The Morgan fingerprint density at radius 3 is 2.31 bits per heavy atom. The average Bonchev–Trinajstić information content (AvgIpc) is 2.14. The first kappa shape index (κ1) is 13.2. The normalized spacial score (nSPS) is 22.4. The van der Waals surface area contributed by atoms with E-state index in [9.17, 15) is 9.59 Å². The summed E-state index contributed by atoms with van der Waals surface area (Å²) < 4.78 is 0. The summed E-state index contributed by atoms with van der Waals surface area (Å²) in [6.07, 6.45) is 1.87. The fourth-order valence-corrected chi connectivity index (χ4v) is 2.35. The first-order valence-corrected chi connectivity index (χ1v) is 6.55. The van der Waals surface area contributed by atoms with Crippen LogP contribution in [0, 0.1) is 0 Å². The molecule has 0 aromatic rings. The fourth-order valence-electron chi connectivity index (χ4n) is 1.64. The smallest absolute Gasteiger partial charge is 0.308 e. The Balaban J connectivity index is 2.99. The molecule has 5 nitrogen and oxygen atoms in total. The first-order chi connectivity index (χ1) is 7.32. The monoisotopic (exact) mass is 245 g/mol. The molecule has 4 amide bonds. The van der Waals surface area contributed by atoms with Gasteiger partial charge in [0.25, 0.3) is 0 Å². The molecule has 1 atom stereocenters. The van der Waals surface area contributed by atoms with Crippen molar-refractivity contribution in [2.45, 2.75) is 38.7 Å². The Hall–Kier alpha value is -0.910. The molecule has 0 bridgehead atoms. The number of carbonyl (C=O) groups is 2. The molecule has 1 saturated heterocycles. The molecule has 16 heavy (non-hydrogen) atoms. The van der Waals surface area contributed by atoms with Crippen LogP contribution in [0.5, 0.6) is 0 Å². The van der Waals surface area contributed by atoms with Gasteiger partial charge in [-0.15, -0.1) is 11.8 Å². The number of nitrogens with one attached hydrogen (secondary N) is 1. The summed E-state index contributed by atoms with van der Waals surface area (Å²) >= 11 is 1.45. The number of urea groups is 2. The molecule has 6 heteroatoms. The number of rotatable bonds is 2. The van der Waals surface area contributed by atoms with E-state index in [0.717, 1.165) is 0 Å². The molecule has 0 aliphatic carbocycles. The van der Waals surface area contributed by atoms with E-state index < -0.39 is 5.54 Å². The Morgan fingerprint density at radius 2 is 1.94 bits per heavy atom. The third-order valence-electron chi connectivity index (χ3n) is 2.40. The van der Waals surface area contributed by atoms with Crippen molar-refractivity contribution >= 4 is 23.8 Å². The molecule has 0 spiro atoms. The molecule has 1 aliphatic rings. The minimum absolute atomic E-state index is 0.224. The van der Waals surface area contributed by atoms with E-state index in [4.69, 9.17) is 0 Å². The van der Waals surface area contributed by atoms with Crippen LogP contribution in [-0.4, -0.2) is 45.7 Å². The van der Waals surface area contributed by atoms with Crippen LogP contribution in [0.15, 0.2) is 0 Å². The minimum Gasteiger partial charge on any atom is -0.308 e. The molecule has 92 valence electrons. The van der Waals surface area contributed by atoms with Gasteiger partial charge in [0, 0.05) is 12.1 Å². The van der Waals surface area contributed by atoms with E-state index in [1.165, 1.54) is 16.7 Å². The maximum absolute atomic E-state index is 12.2. The van der Waals surface area contributed by atoms with E-state index >= 15 is 0 Å². The number of hydrogen-bond acceptors (Lipinski definition) is 3. The summed E-state index contributed by atoms with van der Waals surface area (Å²) in [5.41, 5.74) is -0.763. The van der Waals surface area contributed by atoms with Gasteiger partial charge in [0.1, 0.15) is 0 Å². The molecule has 1 fully saturated rings. The number of hydrogen-bond donors (Lipinski definition) is 1. The molecule has 1 rings (SSSR count). The van der Waals surface area contributed by atoms with Crippen molar-refractivity contribution in [3.8, 4) is 0 Å². The van der Waals surface area contributed by atoms with Crippen molar-refractivity contribution in [2.75, 3.05) is 12.8 Å². The Labute approximate surface area is 101 Å². The van der Waals surface area contributed by atoms with Gasteiger partial charge >= 0.3 is 12.1 Å². The van der Waals surface area contributed by atoms with Crippen LogP contribution >= 0.6 is 11.8 Å². The topological polar surface area (TPSA) is 52.7 Å². The zero-order valence-corrected chi connectivity index (χ0v) is 11.2. The molecule has 1 unspecified atom stereocenters. The predicted molar refractivity (Wildman–Crippen MR) is 65.2 cm³/mol. The molecule has 0 aromatic heterocycles. The quantitative estimate of drug-likeness (QED) is 0.808. The van der Waals surface area contributed by atoms with Gasteiger partial charge in [-0.05, 0) is 34.0 Å². The molecule has 1 heterocycles. The number of carbonyl (C=O) groups excluding carboxylic acids is 2. The number of imide groups is 1. The summed E-state index contributed by atoms with van der Waals surface area (Å²) in [5.74, 6) is 0. The zero-order chi connectivity index (χ0) is 12.5. The van der Waals surface area contributed by atoms with E-state index in [0.29, 0.717) is 6.54 Å². The van der Waals surface area contributed by atoms with Crippen LogP contribution in [0.25, 0.3) is 0 Å². The molecule has 0 radical (unpaired) electrons. The van der Waals surface area contributed by atoms with Crippen LogP contribution in [0.3, 0.4) is 0 Å². The molecule has 0 saturated carbocycles. The van der Waals surface area contributed by atoms with Gasteiger partial charge in [-0.2, -0.15) is 0 Å². The van der Waals surface area contributed by atoms with Crippen molar-refractivity contribution in [3.63, 3.8) is 0 Å². The second-order valence-corrected chi connectivity index (χ2v) is 5.53. The van der Waals surface area contributed by atoms with E-state index in [2.05, 4.69) is 5.32 Å². The predicted octanol–water partition coefficient (Wildman–Crippen LogP) is 1.90. The maximum atomic E-state index is 12.2. The molecule has 1 N–H and O–H groups in total. The highest BCUT2D eigenvalue weighted by Crippen LogP contribution is 2.23. The summed E-state index contributed by atoms with van der Waals surface area (Å²) in [6, 6.07) is -0.542. The van der Waals surface area contributed by atoms with Gasteiger partial charge in [-0.3, -0.25) is 4.90 Å². The Kier molecular flexibility index (Phi) is 3.72. The van der Waals surface area contributed by atoms with Crippen molar-refractivity contribution < 1.29 is 9.59 Å². The van der Waals surface area contributed by atoms with Gasteiger partial charge in [0.05, 0.1) is 0 Å². The van der Waals surface area contributed by atoms with Crippen LogP contribution < -0.4 is 5.32 Å². The summed E-state index contributed by atoms with van der Waals surface area (Å²) in [6.45, 7) is 8.02. The molecule has 0 aromatic carbocycles. The Bertz CT molecular complexity index is 301. The van der Waals surface area contributed by atoms with Crippen LogP contribution in [0.4, 0.5) is 9.59 Å². The van der Waals surface area contributed by atoms with Crippen molar-refractivity contribution in [1.82, 2.24) is 15.1 Å². The number of thioether (sulfide) groups is 1. The highest BCUT2D eigenvalue weighted by Gasteiger charge is 2.42. The maximum Gasteiger partial charge on any atom is 0.330 e. The minimum atomic E-state index is -0.502. The highest BCUT2D eigenvalue weighted by molar-refractivity contribution is 7.99. The molecular formula is C10H19N3O2S. The third kappa shape index (κ3) is 2.26. The Morgan fingerprint density at radius 1 is 1.38 bits per heavy atom. The second kappa shape index (κ2) is 4.53.